The maximum absolute atomic E-state index is 5.37. The van der Waals surface area contributed by atoms with Gasteiger partial charge in [0, 0.05) is 0 Å². The molecule has 0 N–H and O–H groups in total. The van der Waals surface area contributed by atoms with E-state index in [0.29, 0.717) is 0 Å². The SMILES string of the molecule is ClSC(I)(I)I. The summed E-state index contributed by atoms with van der Waals surface area (Å²) in [6.07, 6.45) is 0. The minimum absolute atomic E-state index is 0.134. The Morgan fingerprint density at radius 1 is 1.33 bits per heavy atom. The third-order valence-electron chi connectivity index (χ3n) is 0.0875. The number of rotatable bonds is 1. The van der Waals surface area contributed by atoms with Gasteiger partial charge >= 0.3 is 0 Å². The van der Waals surface area contributed by atoms with Crippen LogP contribution in [0.4, 0.5) is 0 Å². The summed E-state index contributed by atoms with van der Waals surface area (Å²) in [5.41, 5.74) is 0. The van der Waals surface area contributed by atoms with Gasteiger partial charge in [0.15, 0.2) is -1.23 Å². The highest BCUT2D eigenvalue weighted by Gasteiger charge is 2.15. The van der Waals surface area contributed by atoms with E-state index in [0.717, 1.165) is 0 Å². The Hall–Kier alpha value is 2.83. The standard InChI is InChI=1S/CClI3S/c2-6-1(3,4)5. The van der Waals surface area contributed by atoms with Crippen molar-refractivity contribution in [2.24, 2.45) is 0 Å². The van der Waals surface area contributed by atoms with Gasteiger partial charge in [0.25, 0.3) is 0 Å². The Labute approximate surface area is 86.5 Å². The number of hydrogen-bond acceptors (Lipinski definition) is 1. The third kappa shape index (κ3) is 6.83. The molecule has 0 saturated carbocycles. The molecule has 0 heterocycles. The fourth-order valence-electron chi connectivity index (χ4n) is 0. The van der Waals surface area contributed by atoms with Gasteiger partial charge in [-0.05, 0) is 89.4 Å². The van der Waals surface area contributed by atoms with Gasteiger partial charge in [0.1, 0.15) is 0 Å². The van der Waals surface area contributed by atoms with Gasteiger partial charge in [-0.15, -0.1) is 0 Å². The molecule has 0 aliphatic heterocycles. The molecule has 6 heavy (non-hydrogen) atoms. The van der Waals surface area contributed by atoms with E-state index in [1.807, 2.05) is 0 Å². The first-order valence-electron chi connectivity index (χ1n) is 0.925. The first-order chi connectivity index (χ1) is 2.56. The predicted molar refractivity (Wildman–Crippen MR) is 58.2 cm³/mol. The van der Waals surface area contributed by atoms with E-state index in [2.05, 4.69) is 67.8 Å². The van der Waals surface area contributed by atoms with Crippen LogP contribution in [-0.4, -0.2) is -1.23 Å². The first kappa shape index (κ1) is 8.83. The zero-order valence-electron chi connectivity index (χ0n) is 2.42. The average molecular weight is 460 g/mol. The topological polar surface area (TPSA) is 0 Å². The van der Waals surface area contributed by atoms with Crippen LogP contribution in [0, 0.1) is 0 Å². The molecular formula is CClI3S. The van der Waals surface area contributed by atoms with Crippen LogP contribution in [0.5, 0.6) is 0 Å². The number of hydrogen-bond donors (Lipinski definition) is 0. The lowest BCUT2D eigenvalue weighted by atomic mass is 11.9. The molecular weight excluding hydrogens is 460 g/mol. The summed E-state index contributed by atoms with van der Waals surface area (Å²) < 4.78 is 0.134. The van der Waals surface area contributed by atoms with Crippen LogP contribution in [-0.2, 0) is 0 Å². The Morgan fingerprint density at radius 3 is 1.50 bits per heavy atom. The third-order valence-corrected chi connectivity index (χ3v) is 5.28. The van der Waals surface area contributed by atoms with Crippen molar-refractivity contribution in [2.75, 3.05) is 0 Å². The fraction of sp³-hybridized carbons (Fsp3) is 1.00. The molecule has 38 valence electrons. The largest absolute Gasteiger partial charge is 0.183 e. The molecule has 0 fully saturated rings. The predicted octanol–water partition coefficient (Wildman–Crippen LogP) is 3.79. The summed E-state index contributed by atoms with van der Waals surface area (Å²) >= 11 is 6.73. The average Bonchev–Trinajstić information content (AvgIpc) is 1.35. The van der Waals surface area contributed by atoms with E-state index >= 15 is 0 Å². The maximum atomic E-state index is 5.37. The molecule has 0 aromatic rings. The monoisotopic (exact) mass is 460 g/mol. The molecule has 0 unspecified atom stereocenters. The quantitative estimate of drug-likeness (QED) is 0.424. The zero-order chi connectivity index (χ0) is 5.21. The Morgan fingerprint density at radius 2 is 1.50 bits per heavy atom. The molecule has 0 aromatic carbocycles. The Kier molecular flexibility index (Phi) is 5.56. The van der Waals surface area contributed by atoms with Crippen molar-refractivity contribution in [3.63, 3.8) is 0 Å². The first-order valence-corrected chi connectivity index (χ1v) is 5.80. The fourth-order valence-corrected chi connectivity index (χ4v) is 0. The minimum atomic E-state index is 0.134. The molecule has 0 nitrogen and oxygen atoms in total. The maximum Gasteiger partial charge on any atom is 0.183 e. The van der Waals surface area contributed by atoms with Gasteiger partial charge in [-0.25, -0.2) is 0 Å². The van der Waals surface area contributed by atoms with E-state index in [9.17, 15) is 0 Å². The molecule has 0 aliphatic carbocycles. The second kappa shape index (κ2) is 3.78. The summed E-state index contributed by atoms with van der Waals surface area (Å²) in [6.45, 7) is 0. The molecule has 0 spiro atoms. The van der Waals surface area contributed by atoms with E-state index < -0.39 is 0 Å². The van der Waals surface area contributed by atoms with Crippen molar-refractivity contribution in [3.8, 4) is 0 Å². The summed E-state index contributed by atoms with van der Waals surface area (Å²) in [7, 11) is 6.69. The zero-order valence-corrected chi connectivity index (χ0v) is 10.5. The molecule has 0 radical (unpaired) electrons. The number of halogens is 4. The van der Waals surface area contributed by atoms with E-state index in [4.69, 9.17) is 10.7 Å². The van der Waals surface area contributed by atoms with Gasteiger partial charge in [-0.1, -0.05) is 0 Å². The normalized spacial score (nSPS) is 12.0. The summed E-state index contributed by atoms with van der Waals surface area (Å²) in [5, 5.41) is 0. The van der Waals surface area contributed by atoms with Crippen LogP contribution in [0.15, 0.2) is 0 Å². The molecule has 0 aliphatic rings. The highest BCUT2D eigenvalue weighted by molar-refractivity contribution is 14.3. The second-order valence-corrected chi connectivity index (χ2v) is 15.0. The molecule has 0 aromatic heterocycles. The van der Waals surface area contributed by atoms with Gasteiger partial charge in [-0.2, -0.15) is 0 Å². The Bertz CT molecular complexity index is 40.5. The smallest absolute Gasteiger partial charge is 0.0417 e. The van der Waals surface area contributed by atoms with Crippen LogP contribution in [0.3, 0.4) is 0 Å². The van der Waals surface area contributed by atoms with Crippen LogP contribution in [0.25, 0.3) is 0 Å². The van der Waals surface area contributed by atoms with Gasteiger partial charge < -0.3 is 0 Å². The van der Waals surface area contributed by atoms with Crippen LogP contribution in [0.1, 0.15) is 0 Å². The van der Waals surface area contributed by atoms with Crippen molar-refractivity contribution in [1.29, 1.82) is 0 Å². The summed E-state index contributed by atoms with van der Waals surface area (Å²) in [5.74, 6) is 0. The van der Waals surface area contributed by atoms with E-state index in [-0.39, 0.29) is -1.23 Å². The lowest BCUT2D eigenvalue weighted by Crippen LogP contribution is -1.81. The van der Waals surface area contributed by atoms with Gasteiger partial charge in [0.05, 0.1) is 0 Å². The van der Waals surface area contributed by atoms with E-state index in [1.54, 1.807) is 0 Å². The highest BCUT2D eigenvalue weighted by atomic mass is 127. The molecule has 0 saturated heterocycles. The molecule has 0 amide bonds. The van der Waals surface area contributed by atoms with Crippen molar-refractivity contribution in [3.05, 3.63) is 0 Å². The van der Waals surface area contributed by atoms with Crippen molar-refractivity contribution < 1.29 is 0 Å². The van der Waals surface area contributed by atoms with Gasteiger partial charge in [0.2, 0.25) is 0 Å². The van der Waals surface area contributed by atoms with Crippen LogP contribution in [0.2, 0.25) is 0 Å². The van der Waals surface area contributed by atoms with Gasteiger partial charge in [-0.3, -0.25) is 0 Å². The number of alkyl halides is 3. The Balaban J connectivity index is 3.17. The van der Waals surface area contributed by atoms with Crippen molar-refractivity contribution in [2.45, 2.75) is -1.23 Å². The van der Waals surface area contributed by atoms with Crippen LogP contribution < -0.4 is 0 Å². The van der Waals surface area contributed by atoms with E-state index in [1.165, 1.54) is 11.0 Å². The molecule has 5 heteroatoms. The minimum Gasteiger partial charge on any atom is -0.0417 e. The van der Waals surface area contributed by atoms with Crippen LogP contribution >= 0.6 is 89.4 Å². The van der Waals surface area contributed by atoms with Crippen molar-refractivity contribution >= 4 is 89.4 Å². The lowest BCUT2D eigenvalue weighted by molar-refractivity contribution is 2.28. The molecule has 0 bridgehead atoms. The highest BCUT2D eigenvalue weighted by Crippen LogP contribution is 2.48. The lowest BCUT2D eigenvalue weighted by Gasteiger charge is -2.01. The molecule has 0 rings (SSSR count). The van der Waals surface area contributed by atoms with Crippen molar-refractivity contribution in [1.82, 2.24) is 0 Å². The summed E-state index contributed by atoms with van der Waals surface area (Å²) in [6, 6.07) is 0. The summed E-state index contributed by atoms with van der Waals surface area (Å²) in [4.78, 5) is 0. The second-order valence-electron chi connectivity index (χ2n) is 0.523. The molecule has 0 atom stereocenters.